The summed E-state index contributed by atoms with van der Waals surface area (Å²) in [7, 11) is 0. The Morgan fingerprint density at radius 1 is 1.25 bits per heavy atom. The van der Waals surface area contributed by atoms with Crippen molar-refractivity contribution in [1.29, 1.82) is 0 Å². The van der Waals surface area contributed by atoms with Gasteiger partial charge in [0.2, 0.25) is 0 Å². The van der Waals surface area contributed by atoms with Crippen LogP contribution in [0.25, 0.3) is 0 Å². The number of hydrogen-bond donors (Lipinski definition) is 2. The minimum absolute atomic E-state index is 0.118. The topological polar surface area (TPSA) is 63.3 Å². The van der Waals surface area contributed by atoms with Crippen molar-refractivity contribution >= 4 is 5.97 Å². The average molecular weight is 221 g/mol. The van der Waals surface area contributed by atoms with E-state index in [-0.39, 0.29) is 12.5 Å². The second kappa shape index (κ2) is 5.66. The average Bonchev–Trinajstić information content (AvgIpc) is 2.26. The molecule has 3 heteroatoms. The molecule has 0 aliphatic rings. The molecule has 0 saturated carbocycles. The number of carbonyl (C=O) groups is 1. The summed E-state index contributed by atoms with van der Waals surface area (Å²) < 4.78 is 0. The number of nitrogens with two attached hydrogens (primary N) is 1. The SMILES string of the molecule is CC(C)c1ccc(C(N)CCC(=O)O)cc1. The van der Waals surface area contributed by atoms with Crippen LogP contribution in [0.1, 0.15) is 49.8 Å². The van der Waals surface area contributed by atoms with Crippen LogP contribution in [-0.2, 0) is 4.79 Å². The smallest absolute Gasteiger partial charge is 0.303 e. The second-order valence-electron chi connectivity index (χ2n) is 4.36. The van der Waals surface area contributed by atoms with E-state index in [1.165, 1.54) is 5.56 Å². The summed E-state index contributed by atoms with van der Waals surface area (Å²) in [6.07, 6.45) is 0.601. The predicted octanol–water partition coefficient (Wildman–Crippen LogP) is 2.67. The van der Waals surface area contributed by atoms with Gasteiger partial charge >= 0.3 is 5.97 Å². The molecule has 1 aromatic carbocycles. The summed E-state index contributed by atoms with van der Waals surface area (Å²) in [5.74, 6) is -0.293. The Kier molecular flexibility index (Phi) is 4.50. The van der Waals surface area contributed by atoms with Gasteiger partial charge in [0.05, 0.1) is 0 Å². The Balaban J connectivity index is 2.62. The molecule has 88 valence electrons. The standard InChI is InChI=1S/C13H19NO2/c1-9(2)10-3-5-11(6-4-10)12(14)7-8-13(15)16/h3-6,9,12H,7-8,14H2,1-2H3,(H,15,16). The lowest BCUT2D eigenvalue weighted by molar-refractivity contribution is -0.137. The van der Waals surface area contributed by atoms with Crippen LogP contribution in [0.2, 0.25) is 0 Å². The summed E-state index contributed by atoms with van der Waals surface area (Å²) in [5.41, 5.74) is 8.18. The van der Waals surface area contributed by atoms with E-state index in [2.05, 4.69) is 26.0 Å². The van der Waals surface area contributed by atoms with Crippen LogP contribution < -0.4 is 5.73 Å². The first-order chi connectivity index (χ1) is 7.50. The summed E-state index contributed by atoms with van der Waals surface area (Å²) in [6.45, 7) is 4.28. The second-order valence-corrected chi connectivity index (χ2v) is 4.36. The van der Waals surface area contributed by atoms with Gasteiger partial charge in [-0.15, -0.1) is 0 Å². The molecule has 0 heterocycles. The van der Waals surface area contributed by atoms with Crippen molar-refractivity contribution in [2.45, 2.75) is 38.6 Å². The van der Waals surface area contributed by atoms with Gasteiger partial charge in [0.25, 0.3) is 0 Å². The van der Waals surface area contributed by atoms with E-state index in [1.54, 1.807) is 0 Å². The van der Waals surface area contributed by atoms with Gasteiger partial charge in [0.15, 0.2) is 0 Å². The van der Waals surface area contributed by atoms with Crippen LogP contribution in [0, 0.1) is 0 Å². The van der Waals surface area contributed by atoms with Gasteiger partial charge in [-0.3, -0.25) is 4.79 Å². The number of aliphatic carboxylic acids is 1. The van der Waals surface area contributed by atoms with Crippen LogP contribution in [0.4, 0.5) is 0 Å². The highest BCUT2D eigenvalue weighted by Gasteiger charge is 2.08. The lowest BCUT2D eigenvalue weighted by atomic mass is 9.97. The molecule has 0 saturated heterocycles. The van der Waals surface area contributed by atoms with E-state index in [0.717, 1.165) is 5.56 Å². The highest BCUT2D eigenvalue weighted by molar-refractivity contribution is 5.66. The number of rotatable bonds is 5. The van der Waals surface area contributed by atoms with E-state index in [1.807, 2.05) is 12.1 Å². The van der Waals surface area contributed by atoms with Crippen LogP contribution >= 0.6 is 0 Å². The Morgan fingerprint density at radius 2 is 1.75 bits per heavy atom. The lowest BCUT2D eigenvalue weighted by Crippen LogP contribution is -2.12. The maximum atomic E-state index is 10.4. The monoisotopic (exact) mass is 221 g/mol. The molecular formula is C13H19NO2. The van der Waals surface area contributed by atoms with Crippen LogP contribution in [0.5, 0.6) is 0 Å². The summed E-state index contributed by atoms with van der Waals surface area (Å²) in [6, 6.07) is 7.91. The van der Waals surface area contributed by atoms with Crippen molar-refractivity contribution in [3.8, 4) is 0 Å². The molecule has 3 nitrogen and oxygen atoms in total. The molecule has 1 unspecified atom stereocenters. The molecule has 0 aromatic heterocycles. The van der Waals surface area contributed by atoms with Crippen molar-refractivity contribution in [2.75, 3.05) is 0 Å². The van der Waals surface area contributed by atoms with E-state index < -0.39 is 5.97 Å². The number of benzene rings is 1. The number of hydrogen-bond acceptors (Lipinski definition) is 2. The van der Waals surface area contributed by atoms with Crippen molar-refractivity contribution in [2.24, 2.45) is 5.73 Å². The highest BCUT2D eigenvalue weighted by Crippen LogP contribution is 2.20. The normalized spacial score (nSPS) is 12.8. The molecule has 0 fully saturated rings. The Hall–Kier alpha value is -1.35. The Labute approximate surface area is 96.3 Å². The molecule has 0 aliphatic carbocycles. The maximum absolute atomic E-state index is 10.4. The van der Waals surface area contributed by atoms with Crippen molar-refractivity contribution in [3.05, 3.63) is 35.4 Å². The first-order valence-electron chi connectivity index (χ1n) is 5.58. The van der Waals surface area contributed by atoms with E-state index in [0.29, 0.717) is 12.3 Å². The van der Waals surface area contributed by atoms with Gasteiger partial charge in [0.1, 0.15) is 0 Å². The van der Waals surface area contributed by atoms with Crippen LogP contribution in [0.3, 0.4) is 0 Å². The van der Waals surface area contributed by atoms with Gasteiger partial charge in [-0.2, -0.15) is 0 Å². The molecule has 0 spiro atoms. The molecule has 0 bridgehead atoms. The van der Waals surface area contributed by atoms with Crippen molar-refractivity contribution in [3.63, 3.8) is 0 Å². The minimum Gasteiger partial charge on any atom is -0.481 e. The third kappa shape index (κ3) is 3.66. The van der Waals surface area contributed by atoms with Gasteiger partial charge in [-0.1, -0.05) is 38.1 Å². The Bertz CT molecular complexity index is 343. The molecule has 0 radical (unpaired) electrons. The fourth-order valence-corrected chi connectivity index (χ4v) is 1.57. The third-order valence-electron chi connectivity index (χ3n) is 2.70. The molecule has 0 aliphatic heterocycles. The Morgan fingerprint density at radius 3 is 2.19 bits per heavy atom. The number of carboxylic acid groups (broad SMARTS) is 1. The molecule has 1 atom stereocenters. The molecular weight excluding hydrogens is 202 g/mol. The minimum atomic E-state index is -0.797. The van der Waals surface area contributed by atoms with Crippen LogP contribution in [0.15, 0.2) is 24.3 Å². The zero-order valence-corrected chi connectivity index (χ0v) is 9.81. The third-order valence-corrected chi connectivity index (χ3v) is 2.70. The first kappa shape index (κ1) is 12.7. The van der Waals surface area contributed by atoms with E-state index in [4.69, 9.17) is 10.8 Å². The zero-order chi connectivity index (χ0) is 12.1. The van der Waals surface area contributed by atoms with Gasteiger partial charge in [-0.25, -0.2) is 0 Å². The first-order valence-corrected chi connectivity index (χ1v) is 5.58. The van der Waals surface area contributed by atoms with E-state index in [9.17, 15) is 4.79 Å². The summed E-state index contributed by atoms with van der Waals surface area (Å²) in [5, 5.41) is 8.57. The number of carboxylic acids is 1. The molecule has 0 amide bonds. The summed E-state index contributed by atoms with van der Waals surface area (Å²) >= 11 is 0. The van der Waals surface area contributed by atoms with Gasteiger partial charge in [-0.05, 0) is 23.5 Å². The van der Waals surface area contributed by atoms with Crippen LogP contribution in [-0.4, -0.2) is 11.1 Å². The quantitative estimate of drug-likeness (QED) is 0.803. The fraction of sp³-hybridized carbons (Fsp3) is 0.462. The maximum Gasteiger partial charge on any atom is 0.303 e. The predicted molar refractivity (Wildman–Crippen MR) is 64.3 cm³/mol. The van der Waals surface area contributed by atoms with E-state index >= 15 is 0 Å². The van der Waals surface area contributed by atoms with Crippen molar-refractivity contribution < 1.29 is 9.90 Å². The largest absolute Gasteiger partial charge is 0.481 e. The fourth-order valence-electron chi connectivity index (χ4n) is 1.57. The van der Waals surface area contributed by atoms with Gasteiger partial charge in [0, 0.05) is 12.5 Å². The zero-order valence-electron chi connectivity index (χ0n) is 9.81. The molecule has 3 N–H and O–H groups in total. The van der Waals surface area contributed by atoms with Gasteiger partial charge < -0.3 is 10.8 Å². The summed E-state index contributed by atoms with van der Waals surface area (Å²) in [4.78, 5) is 10.4. The molecule has 16 heavy (non-hydrogen) atoms. The molecule has 1 rings (SSSR count). The van der Waals surface area contributed by atoms with Crippen molar-refractivity contribution in [1.82, 2.24) is 0 Å². The lowest BCUT2D eigenvalue weighted by Gasteiger charge is -2.12. The molecule has 1 aromatic rings. The highest BCUT2D eigenvalue weighted by atomic mass is 16.4.